The summed E-state index contributed by atoms with van der Waals surface area (Å²) >= 11 is 0. The molecular weight excluding hydrogens is 360 g/mol. The summed E-state index contributed by atoms with van der Waals surface area (Å²) in [6.07, 6.45) is 5.85. The van der Waals surface area contributed by atoms with Crippen LogP contribution in [0.2, 0.25) is 0 Å². The zero-order chi connectivity index (χ0) is 19.5. The average Bonchev–Trinajstić information content (AvgIpc) is 3.34. The lowest BCUT2D eigenvalue weighted by Crippen LogP contribution is -2.45. The molecule has 2 aromatic heterocycles. The van der Waals surface area contributed by atoms with E-state index in [0.717, 1.165) is 12.8 Å². The number of amides is 2. The lowest BCUT2D eigenvalue weighted by molar-refractivity contribution is -0.136. The molecule has 2 saturated heterocycles. The van der Waals surface area contributed by atoms with Crippen LogP contribution in [0.1, 0.15) is 29.6 Å². The lowest BCUT2D eigenvalue weighted by atomic mass is 10.1. The Morgan fingerprint density at radius 2 is 2.04 bits per heavy atom. The van der Waals surface area contributed by atoms with E-state index < -0.39 is 0 Å². The number of hydrogen-bond acceptors (Lipinski definition) is 6. The molecule has 2 aliphatic rings. The summed E-state index contributed by atoms with van der Waals surface area (Å²) < 4.78 is 7.04. The van der Waals surface area contributed by atoms with Gasteiger partial charge in [0.2, 0.25) is 5.91 Å². The van der Waals surface area contributed by atoms with Crippen molar-refractivity contribution in [1.82, 2.24) is 29.7 Å². The van der Waals surface area contributed by atoms with Crippen LogP contribution in [0.15, 0.2) is 24.7 Å². The standard InChI is InChI=1S/C19H26N6O3/c1-23-14(11-17(26)24-7-9-28-10-8-24)4-5-15(23)12-20-19(27)16-3-2-6-25-13-21-22-18(16)25/h2-3,6,13-15H,4-5,7-12H2,1H3,(H,20,27)/t14-,15+/m1/s1. The van der Waals surface area contributed by atoms with E-state index in [2.05, 4.69) is 20.4 Å². The van der Waals surface area contributed by atoms with Gasteiger partial charge in [-0.1, -0.05) is 0 Å². The predicted molar refractivity (Wildman–Crippen MR) is 102 cm³/mol. The minimum absolute atomic E-state index is 0.153. The Balaban J connectivity index is 1.30. The van der Waals surface area contributed by atoms with Crippen molar-refractivity contribution >= 4 is 17.5 Å². The van der Waals surface area contributed by atoms with Crippen LogP contribution in [-0.2, 0) is 9.53 Å². The molecule has 9 nitrogen and oxygen atoms in total. The van der Waals surface area contributed by atoms with Crippen molar-refractivity contribution in [2.45, 2.75) is 31.3 Å². The molecule has 9 heteroatoms. The number of nitrogens with one attached hydrogen (secondary N) is 1. The molecule has 4 rings (SSSR count). The molecule has 4 heterocycles. The molecule has 150 valence electrons. The number of fused-ring (bicyclic) bond motifs is 1. The molecule has 2 atom stereocenters. The summed E-state index contributed by atoms with van der Waals surface area (Å²) in [5.41, 5.74) is 1.06. The van der Waals surface area contributed by atoms with Crippen molar-refractivity contribution in [3.63, 3.8) is 0 Å². The van der Waals surface area contributed by atoms with Crippen LogP contribution >= 0.6 is 0 Å². The summed E-state index contributed by atoms with van der Waals surface area (Å²) in [7, 11) is 2.04. The zero-order valence-corrected chi connectivity index (χ0v) is 16.1. The maximum Gasteiger partial charge on any atom is 0.255 e. The van der Waals surface area contributed by atoms with Crippen molar-refractivity contribution in [2.24, 2.45) is 0 Å². The number of ether oxygens (including phenoxy) is 1. The average molecular weight is 386 g/mol. The highest BCUT2D eigenvalue weighted by Crippen LogP contribution is 2.25. The first kappa shape index (κ1) is 18.8. The van der Waals surface area contributed by atoms with E-state index in [0.29, 0.717) is 50.5 Å². The number of rotatable bonds is 5. The van der Waals surface area contributed by atoms with Crippen LogP contribution in [0.4, 0.5) is 0 Å². The fourth-order valence-electron chi connectivity index (χ4n) is 4.06. The number of likely N-dealkylation sites (tertiary alicyclic amines) is 1. The van der Waals surface area contributed by atoms with E-state index in [1.54, 1.807) is 22.9 Å². The van der Waals surface area contributed by atoms with Gasteiger partial charge < -0.3 is 15.0 Å². The third-order valence-electron chi connectivity index (χ3n) is 5.83. The van der Waals surface area contributed by atoms with Crippen LogP contribution in [0.5, 0.6) is 0 Å². The predicted octanol–water partition coefficient (Wildman–Crippen LogP) is 0.171. The van der Waals surface area contributed by atoms with Crippen LogP contribution in [0.25, 0.3) is 5.65 Å². The second-order valence-corrected chi connectivity index (χ2v) is 7.44. The number of morpholine rings is 1. The Hall–Kier alpha value is -2.52. The van der Waals surface area contributed by atoms with Crippen LogP contribution in [0.3, 0.4) is 0 Å². The second kappa shape index (κ2) is 8.24. The molecule has 0 spiro atoms. The fourth-order valence-corrected chi connectivity index (χ4v) is 4.06. The lowest BCUT2D eigenvalue weighted by Gasteiger charge is -2.30. The molecule has 0 unspecified atom stereocenters. The molecule has 0 aliphatic carbocycles. The van der Waals surface area contributed by atoms with Crippen molar-refractivity contribution < 1.29 is 14.3 Å². The second-order valence-electron chi connectivity index (χ2n) is 7.44. The molecule has 2 aliphatic heterocycles. The number of aromatic nitrogens is 3. The summed E-state index contributed by atoms with van der Waals surface area (Å²) in [4.78, 5) is 29.2. The summed E-state index contributed by atoms with van der Waals surface area (Å²) in [6, 6.07) is 4.00. The minimum atomic E-state index is -0.153. The van der Waals surface area contributed by atoms with E-state index >= 15 is 0 Å². The van der Waals surface area contributed by atoms with Gasteiger partial charge in [-0.05, 0) is 32.0 Å². The van der Waals surface area contributed by atoms with Crippen LogP contribution in [-0.4, -0.2) is 88.2 Å². The maximum absolute atomic E-state index is 12.6. The highest BCUT2D eigenvalue weighted by Gasteiger charge is 2.33. The highest BCUT2D eigenvalue weighted by molar-refractivity contribution is 5.99. The monoisotopic (exact) mass is 386 g/mol. The molecule has 2 aromatic rings. The SMILES string of the molecule is CN1[C@@H](CC(=O)N2CCOCC2)CC[C@H]1CNC(=O)c1cccn2cnnc12. The Labute approximate surface area is 163 Å². The molecular formula is C19H26N6O3. The minimum Gasteiger partial charge on any atom is -0.378 e. The number of likely N-dealkylation sites (N-methyl/N-ethyl adjacent to an activating group) is 1. The number of carbonyl (C=O) groups is 2. The number of pyridine rings is 1. The van der Waals surface area contributed by atoms with E-state index in [-0.39, 0.29) is 23.9 Å². The normalized spacial score (nSPS) is 23.2. The van der Waals surface area contributed by atoms with E-state index in [9.17, 15) is 9.59 Å². The smallest absolute Gasteiger partial charge is 0.255 e. The summed E-state index contributed by atoms with van der Waals surface area (Å²) in [5, 5.41) is 10.9. The number of hydrogen-bond donors (Lipinski definition) is 1. The van der Waals surface area contributed by atoms with Gasteiger partial charge in [0.25, 0.3) is 5.91 Å². The highest BCUT2D eigenvalue weighted by atomic mass is 16.5. The summed E-state index contributed by atoms with van der Waals surface area (Å²) in [6.45, 7) is 3.16. The molecule has 2 amide bonds. The van der Waals surface area contributed by atoms with Gasteiger partial charge in [0.05, 0.1) is 18.8 Å². The Morgan fingerprint density at radius 3 is 2.86 bits per heavy atom. The zero-order valence-electron chi connectivity index (χ0n) is 16.1. The van der Waals surface area contributed by atoms with Crippen molar-refractivity contribution in [1.29, 1.82) is 0 Å². The van der Waals surface area contributed by atoms with Gasteiger partial charge in [0.1, 0.15) is 6.33 Å². The molecule has 2 fully saturated rings. The molecule has 0 aromatic carbocycles. The Bertz CT molecular complexity index is 847. The molecule has 1 N–H and O–H groups in total. The van der Waals surface area contributed by atoms with Gasteiger partial charge in [-0.2, -0.15) is 0 Å². The van der Waals surface area contributed by atoms with Gasteiger partial charge in [-0.25, -0.2) is 0 Å². The topological polar surface area (TPSA) is 92.1 Å². The van der Waals surface area contributed by atoms with Crippen molar-refractivity contribution in [3.05, 3.63) is 30.2 Å². The van der Waals surface area contributed by atoms with Crippen LogP contribution < -0.4 is 5.32 Å². The first-order valence-corrected chi connectivity index (χ1v) is 9.77. The first-order chi connectivity index (χ1) is 13.6. The largest absolute Gasteiger partial charge is 0.378 e. The molecule has 28 heavy (non-hydrogen) atoms. The van der Waals surface area contributed by atoms with Crippen molar-refractivity contribution in [3.8, 4) is 0 Å². The van der Waals surface area contributed by atoms with Crippen molar-refractivity contribution in [2.75, 3.05) is 39.9 Å². The van der Waals surface area contributed by atoms with Gasteiger partial charge >= 0.3 is 0 Å². The third-order valence-corrected chi connectivity index (χ3v) is 5.83. The molecule has 0 radical (unpaired) electrons. The Morgan fingerprint density at radius 1 is 1.25 bits per heavy atom. The summed E-state index contributed by atoms with van der Waals surface area (Å²) in [5.74, 6) is 0.0446. The van der Waals surface area contributed by atoms with Gasteiger partial charge in [0, 0.05) is 44.3 Å². The number of nitrogens with zero attached hydrogens (tertiary/aromatic N) is 5. The van der Waals surface area contributed by atoms with Gasteiger partial charge in [0.15, 0.2) is 5.65 Å². The quantitative estimate of drug-likeness (QED) is 0.788. The van der Waals surface area contributed by atoms with Crippen LogP contribution in [0, 0.1) is 0 Å². The van der Waals surface area contributed by atoms with E-state index in [1.807, 2.05) is 18.1 Å². The van der Waals surface area contributed by atoms with Gasteiger partial charge in [-0.3, -0.25) is 18.9 Å². The molecule has 0 saturated carbocycles. The first-order valence-electron chi connectivity index (χ1n) is 9.77. The van der Waals surface area contributed by atoms with E-state index in [4.69, 9.17) is 4.74 Å². The maximum atomic E-state index is 12.6. The fraction of sp³-hybridized carbons (Fsp3) is 0.579. The van der Waals surface area contributed by atoms with E-state index in [1.165, 1.54) is 0 Å². The third kappa shape index (κ3) is 3.85. The Kier molecular flexibility index (Phi) is 5.54. The molecule has 0 bridgehead atoms. The van der Waals surface area contributed by atoms with Gasteiger partial charge in [-0.15, -0.1) is 10.2 Å². The number of carbonyl (C=O) groups excluding carboxylic acids is 2.